The van der Waals surface area contributed by atoms with Gasteiger partial charge in [0, 0.05) is 16.7 Å². The Morgan fingerprint density at radius 1 is 1.00 bits per heavy atom. The van der Waals surface area contributed by atoms with Gasteiger partial charge in [-0.15, -0.1) is 0 Å². The molecule has 0 atom stereocenters. The average molecular weight is 270 g/mol. The fourth-order valence-electron chi connectivity index (χ4n) is 2.30. The summed E-state index contributed by atoms with van der Waals surface area (Å²) in [7, 11) is 3.18. The Labute approximate surface area is 119 Å². The van der Waals surface area contributed by atoms with Crippen molar-refractivity contribution < 1.29 is 14.3 Å². The maximum atomic E-state index is 12.6. The number of benzene rings is 2. The van der Waals surface area contributed by atoms with E-state index in [1.54, 1.807) is 26.4 Å². The Bertz CT molecular complexity index is 603. The minimum Gasteiger partial charge on any atom is -0.493 e. The summed E-state index contributed by atoms with van der Waals surface area (Å²) in [4.78, 5) is 12.6. The molecule has 0 spiro atoms. The van der Waals surface area contributed by atoms with Crippen LogP contribution in [0.4, 0.5) is 0 Å². The fourth-order valence-corrected chi connectivity index (χ4v) is 2.30. The number of carbonyl (C=O) groups excluding carboxylic acids is 1. The van der Waals surface area contributed by atoms with Crippen molar-refractivity contribution in [2.75, 3.05) is 14.2 Å². The minimum absolute atomic E-state index is 0.00315. The van der Waals surface area contributed by atoms with E-state index in [0.717, 1.165) is 5.56 Å². The van der Waals surface area contributed by atoms with Crippen molar-refractivity contribution in [2.45, 2.75) is 13.3 Å². The van der Waals surface area contributed by atoms with Crippen molar-refractivity contribution in [1.29, 1.82) is 0 Å². The van der Waals surface area contributed by atoms with Gasteiger partial charge in [-0.1, -0.05) is 37.3 Å². The van der Waals surface area contributed by atoms with Crippen LogP contribution in [-0.4, -0.2) is 20.0 Å². The number of hydrogen-bond donors (Lipinski definition) is 0. The molecule has 0 unspecified atom stereocenters. The predicted octanol–water partition coefficient (Wildman–Crippen LogP) is 3.50. The highest BCUT2D eigenvalue weighted by Crippen LogP contribution is 2.34. The Morgan fingerprint density at radius 2 is 1.70 bits per heavy atom. The number of ketones is 1. The molecule has 0 amide bonds. The van der Waals surface area contributed by atoms with Gasteiger partial charge in [-0.3, -0.25) is 4.79 Å². The first-order chi connectivity index (χ1) is 9.72. The molecule has 0 bridgehead atoms. The van der Waals surface area contributed by atoms with E-state index in [-0.39, 0.29) is 5.78 Å². The van der Waals surface area contributed by atoms with Crippen LogP contribution in [0.25, 0.3) is 0 Å². The van der Waals surface area contributed by atoms with Gasteiger partial charge in [0.25, 0.3) is 0 Å². The predicted molar refractivity (Wildman–Crippen MR) is 78.8 cm³/mol. The molecule has 0 fully saturated rings. The van der Waals surface area contributed by atoms with Gasteiger partial charge in [0.1, 0.15) is 0 Å². The first-order valence-corrected chi connectivity index (χ1v) is 6.56. The summed E-state index contributed by atoms with van der Waals surface area (Å²) in [6, 6.07) is 12.8. The summed E-state index contributed by atoms with van der Waals surface area (Å²) in [6.45, 7) is 2.00. The van der Waals surface area contributed by atoms with Crippen molar-refractivity contribution >= 4 is 5.78 Å². The summed E-state index contributed by atoms with van der Waals surface area (Å²) < 4.78 is 10.7. The summed E-state index contributed by atoms with van der Waals surface area (Å²) in [5, 5.41) is 0. The van der Waals surface area contributed by atoms with Crippen molar-refractivity contribution in [1.82, 2.24) is 0 Å². The van der Waals surface area contributed by atoms with Gasteiger partial charge in [-0.25, -0.2) is 0 Å². The summed E-state index contributed by atoms with van der Waals surface area (Å²) >= 11 is 0. The van der Waals surface area contributed by atoms with Crippen LogP contribution < -0.4 is 9.47 Å². The second-order valence-corrected chi connectivity index (χ2v) is 4.38. The number of methoxy groups -OCH3 is 2. The largest absolute Gasteiger partial charge is 0.493 e. The molecule has 0 aromatic heterocycles. The van der Waals surface area contributed by atoms with Gasteiger partial charge in [-0.05, 0) is 18.6 Å². The monoisotopic (exact) mass is 270 g/mol. The number of ether oxygens (including phenoxy) is 2. The maximum absolute atomic E-state index is 12.6. The number of hydrogen-bond acceptors (Lipinski definition) is 3. The second kappa shape index (κ2) is 6.24. The molecule has 0 saturated carbocycles. The standard InChI is InChI=1S/C17H18O3/c1-4-13-14(10-11-15(19-2)17(13)20-3)16(18)12-8-6-5-7-9-12/h5-11H,4H2,1-3H3. The lowest BCUT2D eigenvalue weighted by molar-refractivity contribution is 0.103. The molecular formula is C17H18O3. The van der Waals surface area contributed by atoms with E-state index in [1.165, 1.54) is 0 Å². The van der Waals surface area contributed by atoms with Crippen LogP contribution in [0.1, 0.15) is 28.4 Å². The molecule has 2 aromatic carbocycles. The quantitative estimate of drug-likeness (QED) is 0.780. The molecule has 3 nitrogen and oxygen atoms in total. The van der Waals surface area contributed by atoms with Crippen LogP contribution >= 0.6 is 0 Å². The Morgan fingerprint density at radius 3 is 2.25 bits per heavy atom. The molecule has 20 heavy (non-hydrogen) atoms. The zero-order chi connectivity index (χ0) is 14.5. The van der Waals surface area contributed by atoms with Crippen LogP contribution in [-0.2, 0) is 6.42 Å². The van der Waals surface area contributed by atoms with Gasteiger partial charge in [-0.2, -0.15) is 0 Å². The molecule has 0 radical (unpaired) electrons. The summed E-state index contributed by atoms with van der Waals surface area (Å²) in [5.74, 6) is 1.29. The maximum Gasteiger partial charge on any atom is 0.193 e. The van der Waals surface area contributed by atoms with E-state index in [1.807, 2.05) is 37.3 Å². The van der Waals surface area contributed by atoms with Crippen LogP contribution in [0.2, 0.25) is 0 Å². The van der Waals surface area contributed by atoms with Crippen molar-refractivity contribution in [3.05, 3.63) is 59.2 Å². The zero-order valence-corrected chi connectivity index (χ0v) is 12.0. The first kappa shape index (κ1) is 14.1. The molecule has 0 heterocycles. The molecule has 0 N–H and O–H groups in total. The molecule has 0 saturated heterocycles. The lowest BCUT2D eigenvalue weighted by Crippen LogP contribution is -2.07. The minimum atomic E-state index is 0.00315. The highest BCUT2D eigenvalue weighted by Gasteiger charge is 2.19. The Balaban J connectivity index is 2.55. The normalized spacial score (nSPS) is 10.2. The molecule has 0 aliphatic rings. The van der Waals surface area contributed by atoms with E-state index in [0.29, 0.717) is 29.0 Å². The lowest BCUT2D eigenvalue weighted by Gasteiger charge is -2.15. The third-order valence-corrected chi connectivity index (χ3v) is 3.28. The second-order valence-electron chi connectivity index (χ2n) is 4.38. The van der Waals surface area contributed by atoms with E-state index in [2.05, 4.69) is 0 Å². The van der Waals surface area contributed by atoms with Crippen molar-refractivity contribution in [3.63, 3.8) is 0 Å². The van der Waals surface area contributed by atoms with Crippen LogP contribution in [0, 0.1) is 0 Å². The van der Waals surface area contributed by atoms with Gasteiger partial charge < -0.3 is 9.47 Å². The zero-order valence-electron chi connectivity index (χ0n) is 12.0. The van der Waals surface area contributed by atoms with E-state index < -0.39 is 0 Å². The van der Waals surface area contributed by atoms with Gasteiger partial charge >= 0.3 is 0 Å². The molecule has 104 valence electrons. The van der Waals surface area contributed by atoms with Gasteiger partial charge in [0.15, 0.2) is 17.3 Å². The summed E-state index contributed by atoms with van der Waals surface area (Å²) in [6.07, 6.45) is 0.703. The van der Waals surface area contributed by atoms with E-state index >= 15 is 0 Å². The third kappa shape index (κ3) is 2.52. The third-order valence-electron chi connectivity index (χ3n) is 3.28. The average Bonchev–Trinajstić information content (AvgIpc) is 2.53. The Hall–Kier alpha value is -2.29. The van der Waals surface area contributed by atoms with Crippen LogP contribution in [0.5, 0.6) is 11.5 Å². The molecular weight excluding hydrogens is 252 g/mol. The molecule has 0 aliphatic carbocycles. The smallest absolute Gasteiger partial charge is 0.193 e. The SMILES string of the molecule is CCc1c(C(=O)c2ccccc2)ccc(OC)c1OC. The molecule has 3 heteroatoms. The highest BCUT2D eigenvalue weighted by atomic mass is 16.5. The molecule has 0 aliphatic heterocycles. The van der Waals surface area contributed by atoms with E-state index in [9.17, 15) is 4.79 Å². The lowest BCUT2D eigenvalue weighted by atomic mass is 9.96. The van der Waals surface area contributed by atoms with Crippen molar-refractivity contribution in [3.8, 4) is 11.5 Å². The molecule has 2 aromatic rings. The van der Waals surface area contributed by atoms with Crippen LogP contribution in [0.3, 0.4) is 0 Å². The number of carbonyl (C=O) groups is 1. The van der Waals surface area contributed by atoms with Gasteiger partial charge in [0.2, 0.25) is 0 Å². The van der Waals surface area contributed by atoms with Crippen molar-refractivity contribution in [2.24, 2.45) is 0 Å². The topological polar surface area (TPSA) is 35.5 Å². The Kier molecular flexibility index (Phi) is 4.41. The first-order valence-electron chi connectivity index (χ1n) is 6.56. The van der Waals surface area contributed by atoms with Gasteiger partial charge in [0.05, 0.1) is 14.2 Å². The molecule has 2 rings (SSSR count). The summed E-state index contributed by atoms with van der Waals surface area (Å²) in [5.41, 5.74) is 2.21. The van der Waals surface area contributed by atoms with E-state index in [4.69, 9.17) is 9.47 Å². The van der Waals surface area contributed by atoms with Crippen LogP contribution in [0.15, 0.2) is 42.5 Å². The number of rotatable bonds is 5. The fraction of sp³-hybridized carbons (Fsp3) is 0.235. The highest BCUT2D eigenvalue weighted by molar-refractivity contribution is 6.10.